The molecule has 26 heavy (non-hydrogen) atoms. The Balaban J connectivity index is 1.64. The van der Waals surface area contributed by atoms with Crippen LogP contribution < -0.4 is 10.9 Å². The van der Waals surface area contributed by atoms with Crippen molar-refractivity contribution in [2.75, 3.05) is 0 Å². The number of nitrogens with zero attached hydrogens (tertiary/aromatic N) is 1. The van der Waals surface area contributed by atoms with Crippen LogP contribution in [0.3, 0.4) is 0 Å². The third kappa shape index (κ3) is 3.84. The quantitative estimate of drug-likeness (QED) is 0.558. The highest BCUT2D eigenvalue weighted by Gasteiger charge is 2.13. The highest BCUT2D eigenvalue weighted by Crippen LogP contribution is 2.18. The van der Waals surface area contributed by atoms with Crippen LogP contribution in [0.2, 0.25) is 0 Å². The standard InChI is InChI=1S/C19H15N3O4/c23-18(12-14-7-3-6-13-5-1-2-10-17(13)14)20-21-19(24)15-8-4-9-16(11-15)22(25)26/h1-11H,12H2,(H,20,23)(H,21,24). The monoisotopic (exact) mass is 349 g/mol. The van der Waals surface area contributed by atoms with Gasteiger partial charge in [0.05, 0.1) is 11.3 Å². The molecular formula is C19H15N3O4. The van der Waals surface area contributed by atoms with E-state index >= 15 is 0 Å². The largest absolute Gasteiger partial charge is 0.273 e. The maximum absolute atomic E-state index is 12.1. The molecule has 0 atom stereocenters. The van der Waals surface area contributed by atoms with E-state index < -0.39 is 10.8 Å². The molecule has 0 saturated heterocycles. The number of non-ortho nitro benzene ring substituents is 1. The van der Waals surface area contributed by atoms with Crippen molar-refractivity contribution in [1.82, 2.24) is 10.9 Å². The number of carbonyl (C=O) groups excluding carboxylic acids is 2. The second-order valence-corrected chi connectivity index (χ2v) is 5.62. The second kappa shape index (κ2) is 7.43. The first-order valence-corrected chi connectivity index (χ1v) is 7.85. The molecule has 0 saturated carbocycles. The van der Waals surface area contributed by atoms with Gasteiger partial charge in [0, 0.05) is 17.7 Å². The fraction of sp³-hybridized carbons (Fsp3) is 0.0526. The number of amides is 2. The maximum Gasteiger partial charge on any atom is 0.270 e. The van der Waals surface area contributed by atoms with Gasteiger partial charge >= 0.3 is 0 Å². The molecule has 0 spiro atoms. The number of hydrogen-bond donors (Lipinski definition) is 2. The van der Waals surface area contributed by atoms with Crippen LogP contribution in [0.15, 0.2) is 66.7 Å². The summed E-state index contributed by atoms with van der Waals surface area (Å²) in [5.41, 5.74) is 5.34. The smallest absolute Gasteiger partial charge is 0.270 e. The summed E-state index contributed by atoms with van der Waals surface area (Å²) in [5, 5.41) is 12.8. The molecule has 0 unspecified atom stereocenters. The van der Waals surface area contributed by atoms with Gasteiger partial charge in [0.2, 0.25) is 5.91 Å². The molecule has 2 amide bonds. The fourth-order valence-electron chi connectivity index (χ4n) is 2.62. The van der Waals surface area contributed by atoms with E-state index in [1.165, 1.54) is 18.2 Å². The van der Waals surface area contributed by atoms with Crippen LogP contribution >= 0.6 is 0 Å². The van der Waals surface area contributed by atoms with Gasteiger partial charge in [0.25, 0.3) is 11.6 Å². The Morgan fingerprint density at radius 1 is 0.923 bits per heavy atom. The fourth-order valence-corrected chi connectivity index (χ4v) is 2.62. The molecule has 0 aliphatic carbocycles. The Kier molecular flexibility index (Phi) is 4.89. The molecule has 130 valence electrons. The first-order valence-electron chi connectivity index (χ1n) is 7.85. The number of hydrazine groups is 1. The average Bonchev–Trinajstić information content (AvgIpc) is 2.66. The highest BCUT2D eigenvalue weighted by atomic mass is 16.6. The summed E-state index contributed by atoms with van der Waals surface area (Å²) in [6.07, 6.45) is 0.0938. The average molecular weight is 349 g/mol. The maximum atomic E-state index is 12.1. The highest BCUT2D eigenvalue weighted by molar-refractivity contribution is 5.96. The summed E-state index contributed by atoms with van der Waals surface area (Å²) >= 11 is 0. The van der Waals surface area contributed by atoms with Crippen LogP contribution in [0.4, 0.5) is 5.69 Å². The van der Waals surface area contributed by atoms with Crippen molar-refractivity contribution in [2.45, 2.75) is 6.42 Å². The number of rotatable bonds is 4. The first-order chi connectivity index (χ1) is 12.5. The Morgan fingerprint density at radius 2 is 1.65 bits per heavy atom. The minimum absolute atomic E-state index is 0.0876. The van der Waals surface area contributed by atoms with Crippen LogP contribution in [0, 0.1) is 10.1 Å². The van der Waals surface area contributed by atoms with E-state index in [0.717, 1.165) is 22.4 Å². The van der Waals surface area contributed by atoms with Gasteiger partial charge in [-0.2, -0.15) is 0 Å². The molecular weight excluding hydrogens is 334 g/mol. The zero-order valence-electron chi connectivity index (χ0n) is 13.6. The summed E-state index contributed by atoms with van der Waals surface area (Å²) in [5.74, 6) is -1.01. The first kappa shape index (κ1) is 17.1. The summed E-state index contributed by atoms with van der Waals surface area (Å²) in [6.45, 7) is 0. The normalized spacial score (nSPS) is 10.3. The van der Waals surface area contributed by atoms with Crippen molar-refractivity contribution >= 4 is 28.3 Å². The molecule has 7 nitrogen and oxygen atoms in total. The minimum Gasteiger partial charge on any atom is -0.273 e. The van der Waals surface area contributed by atoms with Gasteiger partial charge < -0.3 is 0 Å². The number of carbonyl (C=O) groups is 2. The number of nitrogens with one attached hydrogen (secondary N) is 2. The topological polar surface area (TPSA) is 101 Å². The van der Waals surface area contributed by atoms with Gasteiger partial charge in [0.1, 0.15) is 0 Å². The van der Waals surface area contributed by atoms with Gasteiger partial charge in [-0.1, -0.05) is 48.5 Å². The molecule has 0 aromatic heterocycles. The molecule has 0 aliphatic heterocycles. The lowest BCUT2D eigenvalue weighted by atomic mass is 10.0. The van der Waals surface area contributed by atoms with Crippen molar-refractivity contribution in [1.29, 1.82) is 0 Å². The van der Waals surface area contributed by atoms with Crippen molar-refractivity contribution < 1.29 is 14.5 Å². The van der Waals surface area contributed by atoms with E-state index in [2.05, 4.69) is 10.9 Å². The number of nitro benzene ring substituents is 1. The lowest BCUT2D eigenvalue weighted by Crippen LogP contribution is -2.42. The van der Waals surface area contributed by atoms with Crippen LogP contribution in [-0.4, -0.2) is 16.7 Å². The Hall–Kier alpha value is -3.74. The summed E-state index contributed by atoms with van der Waals surface area (Å²) in [7, 11) is 0. The van der Waals surface area contributed by atoms with Gasteiger partial charge in [-0.25, -0.2) is 0 Å². The van der Waals surface area contributed by atoms with Crippen molar-refractivity contribution in [3.63, 3.8) is 0 Å². The van der Waals surface area contributed by atoms with Gasteiger partial charge in [-0.15, -0.1) is 0 Å². The predicted molar refractivity (Wildman–Crippen MR) is 96.4 cm³/mol. The molecule has 0 radical (unpaired) electrons. The van der Waals surface area contributed by atoms with E-state index in [1.54, 1.807) is 0 Å². The van der Waals surface area contributed by atoms with Crippen molar-refractivity contribution in [2.24, 2.45) is 0 Å². The number of nitro groups is 1. The molecule has 7 heteroatoms. The van der Waals surface area contributed by atoms with E-state index in [-0.39, 0.29) is 23.6 Å². The predicted octanol–water partition coefficient (Wildman–Crippen LogP) is 2.75. The molecule has 0 heterocycles. The van der Waals surface area contributed by atoms with Crippen LogP contribution in [0.25, 0.3) is 10.8 Å². The molecule has 0 bridgehead atoms. The lowest BCUT2D eigenvalue weighted by molar-refractivity contribution is -0.384. The Morgan fingerprint density at radius 3 is 2.46 bits per heavy atom. The SMILES string of the molecule is O=C(Cc1cccc2ccccc12)NNC(=O)c1cccc([N+](=O)[O-])c1. The van der Waals surface area contributed by atoms with Gasteiger partial charge in [-0.05, 0) is 22.4 Å². The van der Waals surface area contributed by atoms with Crippen LogP contribution in [-0.2, 0) is 11.2 Å². The third-order valence-corrected chi connectivity index (χ3v) is 3.87. The molecule has 3 rings (SSSR count). The third-order valence-electron chi connectivity index (χ3n) is 3.87. The van der Waals surface area contributed by atoms with Gasteiger partial charge in [-0.3, -0.25) is 30.6 Å². The molecule has 3 aromatic rings. The summed E-state index contributed by atoms with van der Waals surface area (Å²) in [6, 6.07) is 18.7. The van der Waals surface area contributed by atoms with E-state index in [4.69, 9.17) is 0 Å². The number of benzene rings is 3. The zero-order chi connectivity index (χ0) is 18.5. The van der Waals surface area contributed by atoms with E-state index in [1.807, 2.05) is 42.5 Å². The molecule has 0 aliphatic rings. The van der Waals surface area contributed by atoms with Crippen LogP contribution in [0.5, 0.6) is 0 Å². The Bertz CT molecular complexity index is 996. The number of fused-ring (bicyclic) bond motifs is 1. The van der Waals surface area contributed by atoms with Gasteiger partial charge in [0.15, 0.2) is 0 Å². The molecule has 0 fully saturated rings. The number of hydrogen-bond acceptors (Lipinski definition) is 4. The van der Waals surface area contributed by atoms with E-state index in [9.17, 15) is 19.7 Å². The van der Waals surface area contributed by atoms with E-state index in [0.29, 0.717) is 0 Å². The summed E-state index contributed by atoms with van der Waals surface area (Å²) in [4.78, 5) is 34.3. The minimum atomic E-state index is -0.625. The van der Waals surface area contributed by atoms with Crippen molar-refractivity contribution in [3.05, 3.63) is 88.0 Å². The van der Waals surface area contributed by atoms with Crippen molar-refractivity contribution in [3.8, 4) is 0 Å². The zero-order valence-corrected chi connectivity index (χ0v) is 13.6. The molecule has 3 aromatic carbocycles. The Labute approximate surface area is 148 Å². The lowest BCUT2D eigenvalue weighted by Gasteiger charge is -2.09. The van der Waals surface area contributed by atoms with Crippen LogP contribution in [0.1, 0.15) is 15.9 Å². The summed E-state index contributed by atoms with van der Waals surface area (Å²) < 4.78 is 0. The molecule has 2 N–H and O–H groups in total. The second-order valence-electron chi connectivity index (χ2n) is 5.62.